The fourth-order valence-electron chi connectivity index (χ4n) is 1.90. The van der Waals surface area contributed by atoms with E-state index in [1.165, 1.54) is 0 Å². The summed E-state index contributed by atoms with van der Waals surface area (Å²) in [5, 5.41) is 11.7. The van der Waals surface area contributed by atoms with Crippen LogP contribution in [0.2, 0.25) is 0 Å². The van der Waals surface area contributed by atoms with Crippen molar-refractivity contribution in [3.05, 3.63) is 12.2 Å². The number of amides is 1. The number of rotatable bonds is 3. The first-order valence-corrected chi connectivity index (χ1v) is 5.36. The Balaban J connectivity index is 1.95. The molecule has 4 heteroatoms. The maximum absolute atomic E-state index is 11.7. The summed E-state index contributed by atoms with van der Waals surface area (Å²) in [6.07, 6.45) is 7.97. The lowest BCUT2D eigenvalue weighted by molar-refractivity contribution is -0.149. The highest BCUT2D eigenvalue weighted by molar-refractivity contribution is 6.05. The van der Waals surface area contributed by atoms with Gasteiger partial charge in [-0.25, -0.2) is 0 Å². The van der Waals surface area contributed by atoms with Crippen LogP contribution in [0, 0.1) is 5.41 Å². The van der Waals surface area contributed by atoms with Crippen molar-refractivity contribution in [2.24, 2.45) is 5.41 Å². The molecule has 0 saturated heterocycles. The molecule has 0 aromatic carbocycles. The third-order valence-electron chi connectivity index (χ3n) is 3.16. The van der Waals surface area contributed by atoms with E-state index in [-0.39, 0.29) is 11.9 Å². The van der Waals surface area contributed by atoms with Crippen molar-refractivity contribution in [3.63, 3.8) is 0 Å². The van der Waals surface area contributed by atoms with Gasteiger partial charge < -0.3 is 10.4 Å². The first-order chi connectivity index (χ1) is 7.15. The molecule has 4 nitrogen and oxygen atoms in total. The molecule has 0 heterocycles. The molecule has 82 valence electrons. The Hall–Kier alpha value is -1.32. The minimum Gasteiger partial charge on any atom is -0.480 e. The summed E-state index contributed by atoms with van der Waals surface area (Å²) in [7, 11) is 0. The average Bonchev–Trinajstić information content (AvgIpc) is 2.99. The molecule has 0 aromatic rings. The minimum absolute atomic E-state index is 0.0306. The van der Waals surface area contributed by atoms with Crippen molar-refractivity contribution in [3.8, 4) is 0 Å². The molecular weight excluding hydrogens is 194 g/mol. The second-order valence-electron chi connectivity index (χ2n) is 4.33. The normalized spacial score (nSPS) is 27.1. The van der Waals surface area contributed by atoms with Gasteiger partial charge in [0.05, 0.1) is 0 Å². The third kappa shape index (κ3) is 1.89. The van der Waals surface area contributed by atoms with Crippen molar-refractivity contribution >= 4 is 11.9 Å². The van der Waals surface area contributed by atoms with Gasteiger partial charge in [0.25, 0.3) is 0 Å². The summed E-state index contributed by atoms with van der Waals surface area (Å²) in [6, 6.07) is 0.0306. The summed E-state index contributed by atoms with van der Waals surface area (Å²) in [4.78, 5) is 22.6. The SMILES string of the molecule is O=C(O)C1(C(=O)NC2C=CCCC2)CC1. The molecule has 0 radical (unpaired) electrons. The zero-order valence-corrected chi connectivity index (χ0v) is 8.53. The van der Waals surface area contributed by atoms with Crippen molar-refractivity contribution in [2.75, 3.05) is 0 Å². The maximum Gasteiger partial charge on any atom is 0.319 e. The number of carboxylic acid groups (broad SMARTS) is 1. The zero-order valence-electron chi connectivity index (χ0n) is 8.53. The van der Waals surface area contributed by atoms with Gasteiger partial charge >= 0.3 is 5.97 Å². The molecule has 2 aliphatic carbocycles. The lowest BCUT2D eigenvalue weighted by atomic mass is 10.0. The van der Waals surface area contributed by atoms with E-state index in [1.54, 1.807) is 0 Å². The van der Waals surface area contributed by atoms with E-state index in [2.05, 4.69) is 5.32 Å². The van der Waals surface area contributed by atoms with Crippen LogP contribution in [0.15, 0.2) is 12.2 Å². The Morgan fingerprint density at radius 3 is 2.60 bits per heavy atom. The minimum atomic E-state index is -1.11. The zero-order chi connectivity index (χ0) is 10.9. The average molecular weight is 209 g/mol. The van der Waals surface area contributed by atoms with Gasteiger partial charge in [0, 0.05) is 6.04 Å². The fourth-order valence-corrected chi connectivity index (χ4v) is 1.90. The molecule has 0 aromatic heterocycles. The smallest absolute Gasteiger partial charge is 0.319 e. The van der Waals surface area contributed by atoms with Gasteiger partial charge in [-0.1, -0.05) is 12.2 Å². The van der Waals surface area contributed by atoms with Crippen molar-refractivity contribution < 1.29 is 14.7 Å². The summed E-state index contributed by atoms with van der Waals surface area (Å²) in [5.41, 5.74) is -1.11. The van der Waals surface area contributed by atoms with Crippen molar-refractivity contribution in [1.29, 1.82) is 0 Å². The number of hydrogen-bond acceptors (Lipinski definition) is 2. The van der Waals surface area contributed by atoms with Crippen molar-refractivity contribution in [2.45, 2.75) is 38.1 Å². The number of nitrogens with one attached hydrogen (secondary N) is 1. The van der Waals surface area contributed by atoms with Gasteiger partial charge in [-0.2, -0.15) is 0 Å². The van der Waals surface area contributed by atoms with Crippen molar-refractivity contribution in [1.82, 2.24) is 5.32 Å². The van der Waals surface area contributed by atoms with Gasteiger partial charge in [0.2, 0.25) is 5.91 Å². The second kappa shape index (κ2) is 3.68. The predicted molar refractivity (Wildman–Crippen MR) is 54.2 cm³/mol. The van der Waals surface area contributed by atoms with E-state index < -0.39 is 11.4 Å². The molecule has 1 saturated carbocycles. The van der Waals surface area contributed by atoms with E-state index in [4.69, 9.17) is 5.11 Å². The molecular formula is C11H15NO3. The van der Waals surface area contributed by atoms with Gasteiger partial charge in [-0.05, 0) is 32.1 Å². The van der Waals surface area contributed by atoms with Crippen LogP contribution < -0.4 is 5.32 Å². The standard InChI is InChI=1S/C11H15NO3/c13-9(11(6-7-11)10(14)15)12-8-4-2-1-3-5-8/h2,4,8H,1,3,5-7H2,(H,12,13)(H,14,15). The third-order valence-corrected chi connectivity index (χ3v) is 3.16. The largest absolute Gasteiger partial charge is 0.480 e. The van der Waals surface area contributed by atoms with E-state index >= 15 is 0 Å². The van der Waals surface area contributed by atoms with Crippen LogP contribution in [0.1, 0.15) is 32.1 Å². The number of carbonyl (C=O) groups is 2. The lowest BCUT2D eigenvalue weighted by Crippen LogP contribution is -2.42. The van der Waals surface area contributed by atoms with Crippen LogP contribution in [-0.4, -0.2) is 23.0 Å². The van der Waals surface area contributed by atoms with Gasteiger partial charge in [-0.3, -0.25) is 9.59 Å². The van der Waals surface area contributed by atoms with Gasteiger partial charge in [0.15, 0.2) is 0 Å². The molecule has 2 rings (SSSR count). The molecule has 2 aliphatic rings. The summed E-state index contributed by atoms with van der Waals surface area (Å²) >= 11 is 0. The van der Waals surface area contributed by atoms with Gasteiger partial charge in [-0.15, -0.1) is 0 Å². The molecule has 15 heavy (non-hydrogen) atoms. The van der Waals surface area contributed by atoms with E-state index in [0.717, 1.165) is 19.3 Å². The number of carboxylic acids is 1. The molecule has 1 fully saturated rings. The molecule has 0 spiro atoms. The number of hydrogen-bond donors (Lipinski definition) is 2. The fraction of sp³-hybridized carbons (Fsp3) is 0.636. The van der Waals surface area contributed by atoms with Crippen LogP contribution in [0.3, 0.4) is 0 Å². The number of aliphatic carboxylic acids is 1. The monoisotopic (exact) mass is 209 g/mol. The number of allylic oxidation sites excluding steroid dienone is 1. The lowest BCUT2D eigenvalue weighted by Gasteiger charge is -2.20. The molecule has 0 bridgehead atoms. The molecule has 1 unspecified atom stereocenters. The predicted octanol–water partition coefficient (Wildman–Crippen LogP) is 1.08. The van der Waals surface area contributed by atoms with Crippen LogP contribution in [-0.2, 0) is 9.59 Å². The first kappa shape index (κ1) is 10.2. The first-order valence-electron chi connectivity index (χ1n) is 5.36. The Kier molecular flexibility index (Phi) is 2.50. The van der Waals surface area contributed by atoms with Gasteiger partial charge in [0.1, 0.15) is 5.41 Å². The number of carbonyl (C=O) groups excluding carboxylic acids is 1. The Morgan fingerprint density at radius 2 is 2.13 bits per heavy atom. The molecule has 1 atom stereocenters. The Morgan fingerprint density at radius 1 is 1.40 bits per heavy atom. The van der Waals surface area contributed by atoms with Crippen LogP contribution in [0.4, 0.5) is 0 Å². The summed E-state index contributed by atoms with van der Waals surface area (Å²) < 4.78 is 0. The van der Waals surface area contributed by atoms with Crippen LogP contribution in [0.25, 0.3) is 0 Å². The topological polar surface area (TPSA) is 66.4 Å². The molecule has 0 aliphatic heterocycles. The maximum atomic E-state index is 11.7. The summed E-state index contributed by atoms with van der Waals surface area (Å²) in [6.45, 7) is 0. The van der Waals surface area contributed by atoms with Crippen LogP contribution >= 0.6 is 0 Å². The van der Waals surface area contributed by atoms with E-state index in [0.29, 0.717) is 12.8 Å². The molecule has 2 N–H and O–H groups in total. The molecule has 1 amide bonds. The van der Waals surface area contributed by atoms with Crippen LogP contribution in [0.5, 0.6) is 0 Å². The second-order valence-corrected chi connectivity index (χ2v) is 4.33. The van der Waals surface area contributed by atoms with E-state index in [9.17, 15) is 9.59 Å². The Bertz CT molecular complexity index is 318. The highest BCUT2D eigenvalue weighted by Crippen LogP contribution is 2.46. The summed E-state index contributed by atoms with van der Waals surface area (Å²) in [5.74, 6) is -1.30. The quantitative estimate of drug-likeness (QED) is 0.540. The highest BCUT2D eigenvalue weighted by Gasteiger charge is 2.57. The van der Waals surface area contributed by atoms with E-state index in [1.807, 2.05) is 12.2 Å². The highest BCUT2D eigenvalue weighted by atomic mass is 16.4. The Labute approximate surface area is 88.4 Å².